The SMILES string of the molecule is CCn1cc(NC(=O)C(F)CC2(C)CC=NN2c2ccccc2)c(C(=O)O)c1. The Hall–Kier alpha value is -3.16. The number of hydrazone groups is 1. The quantitative estimate of drug-likeness (QED) is 0.762. The van der Waals surface area contributed by atoms with Crippen molar-refractivity contribution in [2.75, 3.05) is 10.3 Å². The molecule has 0 saturated carbocycles. The second-order valence-electron chi connectivity index (χ2n) is 7.03. The first kappa shape index (κ1) is 19.6. The number of aromatic nitrogens is 1. The van der Waals surface area contributed by atoms with Crippen molar-refractivity contribution >= 4 is 29.5 Å². The number of anilines is 2. The molecule has 0 radical (unpaired) electrons. The largest absolute Gasteiger partial charge is 0.478 e. The summed E-state index contributed by atoms with van der Waals surface area (Å²) in [5, 5.41) is 17.8. The van der Waals surface area contributed by atoms with Gasteiger partial charge < -0.3 is 15.0 Å². The topological polar surface area (TPSA) is 86.9 Å². The van der Waals surface area contributed by atoms with Gasteiger partial charge in [0, 0.05) is 38.0 Å². The zero-order valence-corrected chi connectivity index (χ0v) is 15.8. The van der Waals surface area contributed by atoms with E-state index in [2.05, 4.69) is 10.4 Å². The predicted molar refractivity (Wildman–Crippen MR) is 106 cm³/mol. The first-order valence-corrected chi connectivity index (χ1v) is 9.10. The molecular weight excluding hydrogens is 363 g/mol. The molecule has 2 atom stereocenters. The first-order chi connectivity index (χ1) is 13.3. The molecule has 1 aliphatic rings. The number of benzene rings is 1. The van der Waals surface area contributed by atoms with E-state index in [1.165, 1.54) is 12.4 Å². The monoisotopic (exact) mass is 386 g/mol. The first-order valence-electron chi connectivity index (χ1n) is 9.10. The zero-order chi connectivity index (χ0) is 20.3. The van der Waals surface area contributed by atoms with E-state index in [4.69, 9.17) is 0 Å². The number of hydrogen-bond acceptors (Lipinski definition) is 4. The van der Waals surface area contributed by atoms with Crippen LogP contribution in [0, 0.1) is 0 Å². The van der Waals surface area contributed by atoms with Crippen molar-refractivity contribution in [2.24, 2.45) is 5.10 Å². The highest BCUT2D eigenvalue weighted by molar-refractivity contribution is 6.01. The minimum Gasteiger partial charge on any atom is -0.478 e. The molecule has 2 heterocycles. The number of aromatic carboxylic acids is 1. The summed E-state index contributed by atoms with van der Waals surface area (Å²) < 4.78 is 16.5. The number of amides is 1. The lowest BCUT2D eigenvalue weighted by Gasteiger charge is -2.35. The van der Waals surface area contributed by atoms with Gasteiger partial charge in [0.2, 0.25) is 0 Å². The number of hydrogen-bond donors (Lipinski definition) is 2. The maximum absolute atomic E-state index is 14.8. The summed E-state index contributed by atoms with van der Waals surface area (Å²) in [5.41, 5.74) is 0.154. The third-order valence-electron chi connectivity index (χ3n) is 4.88. The molecule has 28 heavy (non-hydrogen) atoms. The average Bonchev–Trinajstić information content (AvgIpc) is 3.25. The van der Waals surface area contributed by atoms with Gasteiger partial charge in [-0.15, -0.1) is 0 Å². The average molecular weight is 386 g/mol. The van der Waals surface area contributed by atoms with Crippen molar-refractivity contribution in [1.82, 2.24) is 4.57 Å². The fourth-order valence-electron chi connectivity index (χ4n) is 3.31. The molecule has 0 fully saturated rings. The van der Waals surface area contributed by atoms with Crippen LogP contribution in [-0.4, -0.2) is 39.5 Å². The van der Waals surface area contributed by atoms with Gasteiger partial charge in [0.05, 0.1) is 16.9 Å². The highest BCUT2D eigenvalue weighted by Gasteiger charge is 2.39. The highest BCUT2D eigenvalue weighted by Crippen LogP contribution is 2.35. The fraction of sp³-hybridized carbons (Fsp3) is 0.350. The van der Waals surface area contributed by atoms with Crippen LogP contribution in [-0.2, 0) is 11.3 Å². The van der Waals surface area contributed by atoms with Gasteiger partial charge in [-0.3, -0.25) is 9.80 Å². The lowest BCUT2D eigenvalue weighted by atomic mass is 9.91. The number of halogens is 1. The number of alkyl halides is 1. The molecule has 8 heteroatoms. The second kappa shape index (κ2) is 7.84. The summed E-state index contributed by atoms with van der Waals surface area (Å²) >= 11 is 0. The molecule has 0 bridgehead atoms. The summed E-state index contributed by atoms with van der Waals surface area (Å²) in [6.07, 6.45) is 3.22. The number of nitrogens with one attached hydrogen (secondary N) is 1. The number of para-hydroxylation sites is 1. The van der Waals surface area contributed by atoms with Crippen molar-refractivity contribution in [3.63, 3.8) is 0 Å². The molecule has 1 aromatic heterocycles. The molecule has 2 unspecified atom stereocenters. The molecule has 0 aliphatic carbocycles. The second-order valence-corrected chi connectivity index (χ2v) is 7.03. The zero-order valence-electron chi connectivity index (χ0n) is 15.8. The van der Waals surface area contributed by atoms with Crippen LogP contribution >= 0.6 is 0 Å². The van der Waals surface area contributed by atoms with E-state index in [1.807, 2.05) is 44.2 Å². The van der Waals surface area contributed by atoms with Crippen LogP contribution in [0.3, 0.4) is 0 Å². The Morgan fingerprint density at radius 3 is 2.68 bits per heavy atom. The van der Waals surface area contributed by atoms with E-state index < -0.39 is 23.6 Å². The van der Waals surface area contributed by atoms with Crippen molar-refractivity contribution < 1.29 is 19.1 Å². The Bertz CT molecular complexity index is 896. The van der Waals surface area contributed by atoms with E-state index in [-0.39, 0.29) is 17.7 Å². The van der Waals surface area contributed by atoms with Crippen molar-refractivity contribution in [3.8, 4) is 0 Å². The molecule has 7 nitrogen and oxygen atoms in total. The van der Waals surface area contributed by atoms with Crippen LogP contribution in [0.15, 0.2) is 47.8 Å². The predicted octanol–water partition coefficient (Wildman–Crippen LogP) is 3.53. The molecule has 1 amide bonds. The van der Waals surface area contributed by atoms with Gasteiger partial charge in [-0.1, -0.05) is 18.2 Å². The molecule has 3 rings (SSSR count). The van der Waals surface area contributed by atoms with E-state index >= 15 is 0 Å². The van der Waals surface area contributed by atoms with Crippen molar-refractivity contribution in [1.29, 1.82) is 0 Å². The van der Waals surface area contributed by atoms with E-state index in [0.717, 1.165) is 5.69 Å². The summed E-state index contributed by atoms with van der Waals surface area (Å²) in [4.78, 5) is 23.8. The normalized spacial score (nSPS) is 19.6. The van der Waals surface area contributed by atoms with Gasteiger partial charge in [-0.25, -0.2) is 9.18 Å². The van der Waals surface area contributed by atoms with Crippen LogP contribution in [0.2, 0.25) is 0 Å². The molecule has 148 valence electrons. The molecule has 2 N–H and O–H groups in total. The Balaban J connectivity index is 1.72. The van der Waals surface area contributed by atoms with E-state index in [0.29, 0.717) is 13.0 Å². The van der Waals surface area contributed by atoms with Crippen LogP contribution in [0.5, 0.6) is 0 Å². The summed E-state index contributed by atoms with van der Waals surface area (Å²) in [5.74, 6) is -2.04. The highest BCUT2D eigenvalue weighted by atomic mass is 19.1. The maximum atomic E-state index is 14.8. The third kappa shape index (κ3) is 3.90. The number of carboxylic acid groups (broad SMARTS) is 1. The number of aryl methyl sites for hydroxylation is 1. The summed E-state index contributed by atoms with van der Waals surface area (Å²) in [6.45, 7) is 4.23. The minimum atomic E-state index is -1.82. The summed E-state index contributed by atoms with van der Waals surface area (Å²) in [6, 6.07) is 9.38. The number of carbonyl (C=O) groups is 2. The Labute approximate surface area is 162 Å². The van der Waals surface area contributed by atoms with Crippen molar-refractivity contribution in [2.45, 2.75) is 44.9 Å². The number of carbonyl (C=O) groups excluding carboxylic acids is 1. The van der Waals surface area contributed by atoms with E-state index in [1.54, 1.807) is 15.8 Å². The molecule has 2 aromatic rings. The van der Waals surface area contributed by atoms with Crippen LogP contribution in [0.1, 0.15) is 37.0 Å². The van der Waals surface area contributed by atoms with Crippen LogP contribution in [0.25, 0.3) is 0 Å². The van der Waals surface area contributed by atoms with Gasteiger partial charge in [-0.2, -0.15) is 5.10 Å². The van der Waals surface area contributed by atoms with Crippen LogP contribution in [0.4, 0.5) is 15.8 Å². The van der Waals surface area contributed by atoms with Crippen LogP contribution < -0.4 is 10.3 Å². The van der Waals surface area contributed by atoms with Gasteiger partial charge >= 0.3 is 5.97 Å². The van der Waals surface area contributed by atoms with E-state index in [9.17, 15) is 19.1 Å². The molecule has 0 saturated heterocycles. The standard InChI is InChI=1S/C20H23FN4O3/c1-3-24-12-15(19(27)28)17(13-24)23-18(26)16(21)11-20(2)9-10-22-25(20)14-7-5-4-6-8-14/h4-8,10,12-13,16H,3,9,11H2,1-2H3,(H,23,26)(H,27,28). The lowest BCUT2D eigenvalue weighted by molar-refractivity contribution is -0.121. The minimum absolute atomic E-state index is 0.0660. The Morgan fingerprint density at radius 2 is 2.04 bits per heavy atom. The number of nitrogens with zero attached hydrogens (tertiary/aromatic N) is 3. The van der Waals surface area contributed by atoms with Gasteiger partial charge in [0.15, 0.2) is 6.17 Å². The van der Waals surface area contributed by atoms with Gasteiger partial charge in [-0.05, 0) is 26.0 Å². The lowest BCUT2D eigenvalue weighted by Crippen LogP contribution is -2.44. The maximum Gasteiger partial charge on any atom is 0.339 e. The Kier molecular flexibility index (Phi) is 5.48. The summed E-state index contributed by atoms with van der Waals surface area (Å²) in [7, 11) is 0. The van der Waals surface area contributed by atoms with Crippen molar-refractivity contribution in [3.05, 3.63) is 48.3 Å². The third-order valence-corrected chi connectivity index (χ3v) is 4.88. The molecular formula is C20H23FN4O3. The molecule has 0 spiro atoms. The fourth-order valence-corrected chi connectivity index (χ4v) is 3.31. The Morgan fingerprint density at radius 1 is 1.32 bits per heavy atom. The molecule has 1 aliphatic heterocycles. The smallest absolute Gasteiger partial charge is 0.339 e. The number of carboxylic acids is 1. The molecule has 1 aromatic carbocycles. The number of rotatable bonds is 7. The van der Waals surface area contributed by atoms with Gasteiger partial charge in [0.25, 0.3) is 5.91 Å². The van der Waals surface area contributed by atoms with Gasteiger partial charge in [0.1, 0.15) is 5.56 Å².